The highest BCUT2D eigenvalue weighted by Gasteiger charge is 2.41. The number of aryl methyl sites for hydroxylation is 2. The number of anilines is 1. The fourth-order valence-corrected chi connectivity index (χ4v) is 5.74. The Morgan fingerprint density at radius 2 is 1.83 bits per heavy atom. The quantitative estimate of drug-likeness (QED) is 0.236. The summed E-state index contributed by atoms with van der Waals surface area (Å²) in [6.07, 6.45) is 1.89. The fourth-order valence-electron chi connectivity index (χ4n) is 5.40. The molecule has 5 rings (SSSR count). The molecule has 8 nitrogen and oxygen atoms in total. The van der Waals surface area contributed by atoms with Crippen LogP contribution in [0.3, 0.4) is 0 Å². The molecule has 0 unspecified atom stereocenters. The van der Waals surface area contributed by atoms with Crippen molar-refractivity contribution in [1.82, 2.24) is 19.8 Å². The molecule has 41 heavy (non-hydrogen) atoms. The van der Waals surface area contributed by atoms with Gasteiger partial charge in [0.25, 0.3) is 0 Å². The predicted octanol–water partition coefficient (Wildman–Crippen LogP) is 5.64. The van der Waals surface area contributed by atoms with Crippen LogP contribution in [-0.4, -0.2) is 43.1 Å². The Morgan fingerprint density at radius 3 is 2.51 bits per heavy atom. The summed E-state index contributed by atoms with van der Waals surface area (Å²) in [5.74, 6) is -1.58. The Hall–Kier alpha value is -4.57. The van der Waals surface area contributed by atoms with E-state index >= 15 is 0 Å². The zero-order valence-electron chi connectivity index (χ0n) is 22.9. The van der Waals surface area contributed by atoms with Crippen molar-refractivity contribution in [3.8, 4) is 5.69 Å². The van der Waals surface area contributed by atoms with E-state index < -0.39 is 5.97 Å². The van der Waals surface area contributed by atoms with E-state index in [1.165, 1.54) is 24.3 Å². The minimum atomic E-state index is -0.986. The first-order chi connectivity index (χ1) is 19.6. The molecule has 210 valence electrons. The van der Waals surface area contributed by atoms with Crippen molar-refractivity contribution in [2.75, 3.05) is 11.9 Å². The van der Waals surface area contributed by atoms with Gasteiger partial charge in [-0.3, -0.25) is 9.78 Å². The number of benzene rings is 2. The summed E-state index contributed by atoms with van der Waals surface area (Å²) in [5, 5.41) is 16.3. The highest BCUT2D eigenvalue weighted by molar-refractivity contribution is 7.80. The van der Waals surface area contributed by atoms with Gasteiger partial charge in [0.2, 0.25) is 5.91 Å². The molecule has 2 aromatic carbocycles. The molecule has 0 radical (unpaired) electrons. The standard InChI is InChI=1S/C31H30FN5O3S/c1-18-7-8-21(30(39)40)17-26(18)37-19(2)16-24(20(37)3)29-28(25-6-4-5-14-33-25)35-31(41)36(29)15-13-27(38)34-23-11-9-22(32)10-12-23/h4-12,14,16-17,28-29H,13,15H2,1-3H3,(H,34,38)(H,35,41)(H,39,40)/t28-,29-/m0/s1. The number of nitrogens with one attached hydrogen (secondary N) is 2. The Morgan fingerprint density at radius 1 is 1.07 bits per heavy atom. The molecular formula is C31H30FN5O3S. The first-order valence-corrected chi connectivity index (χ1v) is 13.6. The van der Waals surface area contributed by atoms with Gasteiger partial charge < -0.3 is 25.2 Å². The lowest BCUT2D eigenvalue weighted by Gasteiger charge is -2.28. The highest BCUT2D eigenvalue weighted by Crippen LogP contribution is 2.41. The molecule has 2 aromatic heterocycles. The second kappa shape index (κ2) is 11.5. The number of hydrogen-bond acceptors (Lipinski definition) is 4. The van der Waals surface area contributed by atoms with Crippen LogP contribution < -0.4 is 10.6 Å². The molecule has 1 aliphatic rings. The van der Waals surface area contributed by atoms with Crippen molar-refractivity contribution in [1.29, 1.82) is 0 Å². The van der Waals surface area contributed by atoms with Crippen LogP contribution in [0.25, 0.3) is 5.69 Å². The van der Waals surface area contributed by atoms with Crippen LogP contribution in [0.5, 0.6) is 0 Å². The van der Waals surface area contributed by atoms with Crippen molar-refractivity contribution in [2.45, 2.75) is 39.3 Å². The molecule has 1 aliphatic heterocycles. The zero-order chi connectivity index (χ0) is 29.3. The minimum absolute atomic E-state index is 0.156. The molecule has 3 heterocycles. The molecule has 10 heteroatoms. The number of halogens is 1. The number of carbonyl (C=O) groups is 2. The lowest BCUT2D eigenvalue weighted by atomic mass is 9.96. The second-order valence-electron chi connectivity index (χ2n) is 10.1. The van der Waals surface area contributed by atoms with Gasteiger partial charge in [-0.05, 0) is 98.7 Å². The van der Waals surface area contributed by atoms with Crippen LogP contribution in [0.15, 0.2) is 72.9 Å². The van der Waals surface area contributed by atoms with Crippen molar-refractivity contribution in [3.63, 3.8) is 0 Å². The van der Waals surface area contributed by atoms with Gasteiger partial charge in [0.15, 0.2) is 5.11 Å². The van der Waals surface area contributed by atoms with E-state index in [0.717, 1.165) is 33.9 Å². The van der Waals surface area contributed by atoms with Gasteiger partial charge in [-0.2, -0.15) is 0 Å². The third-order valence-electron chi connectivity index (χ3n) is 7.39. The maximum Gasteiger partial charge on any atom is 0.335 e. The number of rotatable bonds is 8. The summed E-state index contributed by atoms with van der Waals surface area (Å²) in [7, 11) is 0. The summed E-state index contributed by atoms with van der Waals surface area (Å²) in [4.78, 5) is 31.2. The molecule has 1 saturated heterocycles. The number of thiocarbonyl (C=S) groups is 1. The minimum Gasteiger partial charge on any atom is -0.478 e. The highest BCUT2D eigenvalue weighted by atomic mass is 32.1. The molecule has 4 aromatic rings. The van der Waals surface area contributed by atoms with E-state index in [1.54, 1.807) is 18.3 Å². The summed E-state index contributed by atoms with van der Waals surface area (Å²) in [6.45, 7) is 6.28. The zero-order valence-corrected chi connectivity index (χ0v) is 23.7. The fraction of sp³-hybridized carbons (Fsp3) is 0.226. The molecule has 0 saturated carbocycles. The number of amides is 1. The van der Waals surface area contributed by atoms with Gasteiger partial charge in [0.05, 0.1) is 23.3 Å². The first kappa shape index (κ1) is 28.0. The average Bonchev–Trinajstić information content (AvgIpc) is 3.43. The molecular weight excluding hydrogens is 541 g/mol. The SMILES string of the molecule is Cc1ccc(C(=O)O)cc1-n1c(C)cc([C@H]2[C@H](c3ccccn3)NC(=S)N2CCC(=O)Nc2ccc(F)cc2)c1C. The van der Waals surface area contributed by atoms with Crippen LogP contribution in [-0.2, 0) is 4.79 Å². The van der Waals surface area contributed by atoms with Crippen LogP contribution in [0.4, 0.5) is 10.1 Å². The van der Waals surface area contributed by atoms with E-state index in [-0.39, 0.29) is 35.8 Å². The molecule has 1 amide bonds. The third kappa shape index (κ3) is 5.69. The van der Waals surface area contributed by atoms with Crippen molar-refractivity contribution < 1.29 is 19.1 Å². The second-order valence-corrected chi connectivity index (χ2v) is 10.5. The molecule has 1 fully saturated rings. The summed E-state index contributed by atoms with van der Waals surface area (Å²) in [5.41, 5.74) is 6.14. The van der Waals surface area contributed by atoms with Gasteiger partial charge in [0.1, 0.15) is 5.82 Å². The van der Waals surface area contributed by atoms with Gasteiger partial charge in [-0.25, -0.2) is 9.18 Å². The summed E-state index contributed by atoms with van der Waals surface area (Å²) in [6, 6.07) is 18.0. The van der Waals surface area contributed by atoms with E-state index in [0.29, 0.717) is 17.3 Å². The van der Waals surface area contributed by atoms with Gasteiger partial charge in [-0.15, -0.1) is 0 Å². The van der Waals surface area contributed by atoms with Gasteiger partial charge >= 0.3 is 5.97 Å². The lowest BCUT2D eigenvalue weighted by molar-refractivity contribution is -0.116. The number of hydrogen-bond donors (Lipinski definition) is 3. The Balaban J connectivity index is 1.50. The largest absolute Gasteiger partial charge is 0.478 e. The Bertz CT molecular complexity index is 1620. The average molecular weight is 572 g/mol. The van der Waals surface area contributed by atoms with Crippen molar-refractivity contribution in [3.05, 3.63) is 113 Å². The topological polar surface area (TPSA) is 99.5 Å². The monoisotopic (exact) mass is 571 g/mol. The van der Waals surface area contributed by atoms with E-state index in [2.05, 4.69) is 26.3 Å². The summed E-state index contributed by atoms with van der Waals surface area (Å²) < 4.78 is 15.3. The Labute approximate surface area is 242 Å². The van der Waals surface area contributed by atoms with E-state index in [1.807, 2.05) is 49.9 Å². The Kier molecular flexibility index (Phi) is 7.85. The predicted molar refractivity (Wildman–Crippen MR) is 159 cm³/mol. The molecule has 0 aliphatic carbocycles. The van der Waals surface area contributed by atoms with Crippen LogP contribution >= 0.6 is 12.2 Å². The molecule has 3 N–H and O–H groups in total. The number of carboxylic acid groups (broad SMARTS) is 1. The maximum atomic E-state index is 13.3. The third-order valence-corrected chi connectivity index (χ3v) is 7.74. The number of aromatic carboxylic acids is 1. The molecule has 0 spiro atoms. The number of nitrogens with zero attached hydrogens (tertiary/aromatic N) is 3. The molecule has 0 bridgehead atoms. The van der Waals surface area contributed by atoms with Gasteiger partial charge in [0, 0.05) is 41.9 Å². The number of pyridine rings is 1. The maximum absolute atomic E-state index is 13.3. The van der Waals surface area contributed by atoms with Crippen molar-refractivity contribution in [2.24, 2.45) is 0 Å². The smallest absolute Gasteiger partial charge is 0.335 e. The number of carboxylic acids is 1. The van der Waals surface area contributed by atoms with Crippen LogP contribution in [0.1, 0.15) is 57.1 Å². The van der Waals surface area contributed by atoms with E-state index in [9.17, 15) is 19.1 Å². The first-order valence-electron chi connectivity index (χ1n) is 13.2. The van der Waals surface area contributed by atoms with E-state index in [4.69, 9.17) is 12.2 Å². The normalized spacial score (nSPS) is 16.5. The lowest BCUT2D eigenvalue weighted by Crippen LogP contribution is -2.32. The number of aromatic nitrogens is 2. The van der Waals surface area contributed by atoms with Crippen LogP contribution in [0, 0.1) is 26.6 Å². The van der Waals surface area contributed by atoms with Crippen LogP contribution in [0.2, 0.25) is 0 Å². The molecule has 2 atom stereocenters. The van der Waals surface area contributed by atoms with Gasteiger partial charge in [-0.1, -0.05) is 12.1 Å². The van der Waals surface area contributed by atoms with Crippen molar-refractivity contribution >= 4 is 34.9 Å². The number of carbonyl (C=O) groups excluding carboxylic acids is 1. The summed E-state index contributed by atoms with van der Waals surface area (Å²) >= 11 is 5.78.